The van der Waals surface area contributed by atoms with Crippen LogP contribution in [-0.2, 0) is 37.0 Å². The quantitative estimate of drug-likeness (QED) is 0.364. The monoisotopic (exact) mass is 574 g/mol. The van der Waals surface area contributed by atoms with Gasteiger partial charge >= 0.3 is 16.1 Å². The number of Topliss-reactive ketones (excluding diaryl/α,β-unsaturated/α-hetero) is 1. The van der Waals surface area contributed by atoms with Gasteiger partial charge < -0.3 is 24.4 Å². The molecule has 5 rings (SSSR count). The molecular formula is C25H36O11P2. The van der Waals surface area contributed by atoms with E-state index < -0.39 is 63.4 Å². The van der Waals surface area contributed by atoms with Crippen molar-refractivity contribution in [3.63, 3.8) is 0 Å². The van der Waals surface area contributed by atoms with Gasteiger partial charge in [-0.25, -0.2) is 8.88 Å². The molecular weight excluding hydrogens is 538 g/mol. The van der Waals surface area contributed by atoms with E-state index in [4.69, 9.17) is 18.9 Å². The average molecular weight is 575 g/mol. The Labute approximate surface area is 222 Å². The fraction of sp³-hybridized carbons (Fsp3) is 0.760. The fourth-order valence-electron chi connectivity index (χ4n) is 8.38. The smallest absolute Gasteiger partial charge is 0.393 e. The van der Waals surface area contributed by atoms with Gasteiger partial charge in [-0.3, -0.25) is 18.7 Å². The van der Waals surface area contributed by atoms with Gasteiger partial charge in [0.05, 0.1) is 12.2 Å². The number of phosphoric ester groups is 1. The summed E-state index contributed by atoms with van der Waals surface area (Å²) in [6, 6.07) is 0. The molecule has 38 heavy (non-hydrogen) atoms. The second-order valence-electron chi connectivity index (χ2n) is 11.7. The van der Waals surface area contributed by atoms with E-state index in [1.807, 2.05) is 19.9 Å². The molecule has 0 aromatic carbocycles. The highest BCUT2D eigenvalue weighted by atomic mass is 31.2. The number of aliphatic hydroxyl groups is 1. The van der Waals surface area contributed by atoms with Gasteiger partial charge in [0.2, 0.25) is 0 Å². The van der Waals surface area contributed by atoms with E-state index in [1.165, 1.54) is 0 Å². The Morgan fingerprint density at radius 1 is 1.34 bits per heavy atom. The van der Waals surface area contributed by atoms with Crippen molar-refractivity contribution in [1.29, 1.82) is 0 Å². The number of fused-ring (bicyclic) bond motifs is 7. The third-order valence-corrected chi connectivity index (χ3v) is 11.8. The molecule has 0 bridgehead atoms. The summed E-state index contributed by atoms with van der Waals surface area (Å²) < 4.78 is 44.6. The Balaban J connectivity index is 1.49. The molecule has 4 aliphatic carbocycles. The standard InChI is InChI=1S/C25H36O11P2/c1-4-5-21-34-20-11-17-16-7-6-14-10-15(26)8-9-23(14,2)22(16)18(27)12-24(17,3)25(20,35-21)19(28)13-33-38(31,32)36-37(29)30/h8-10,16-18,20-22,27,37H,4-7,11-13H2,1-3H3,(H,29,30)(H,31,32)/t16-,17-,18-,20+,21?,22+,23-,24-,25+/m0/s1. The Kier molecular flexibility index (Phi) is 7.37. The summed E-state index contributed by atoms with van der Waals surface area (Å²) in [6.45, 7) is 5.06. The highest BCUT2D eigenvalue weighted by Crippen LogP contribution is 2.70. The Hall–Kier alpha value is -1.00. The third kappa shape index (κ3) is 4.30. The van der Waals surface area contributed by atoms with Crippen molar-refractivity contribution in [2.24, 2.45) is 28.6 Å². The second kappa shape index (κ2) is 9.82. The molecule has 3 N–H and O–H groups in total. The van der Waals surface area contributed by atoms with Crippen molar-refractivity contribution >= 4 is 27.6 Å². The Morgan fingerprint density at radius 3 is 2.76 bits per heavy atom. The van der Waals surface area contributed by atoms with Gasteiger partial charge in [0.1, 0.15) is 6.61 Å². The van der Waals surface area contributed by atoms with Crippen LogP contribution in [0.15, 0.2) is 23.8 Å². The summed E-state index contributed by atoms with van der Waals surface area (Å²) >= 11 is 0. The number of carbonyl (C=O) groups excluding carboxylic acids is 2. The van der Waals surface area contributed by atoms with Crippen molar-refractivity contribution in [2.45, 2.75) is 83.4 Å². The van der Waals surface area contributed by atoms with Crippen LogP contribution >= 0.6 is 16.1 Å². The van der Waals surface area contributed by atoms with Crippen LogP contribution in [0.25, 0.3) is 0 Å². The second-order valence-corrected chi connectivity index (χ2v) is 14.1. The molecule has 4 fully saturated rings. The van der Waals surface area contributed by atoms with Crippen molar-refractivity contribution in [3.8, 4) is 0 Å². The maximum Gasteiger partial charge on any atom is 0.479 e. The minimum absolute atomic E-state index is 0.0176. The molecule has 5 aliphatic rings. The van der Waals surface area contributed by atoms with Gasteiger partial charge in [-0.05, 0) is 56.1 Å². The summed E-state index contributed by atoms with van der Waals surface area (Å²) in [5.41, 5.74) is -1.88. The largest absolute Gasteiger partial charge is 0.479 e. The molecule has 1 aliphatic heterocycles. The van der Waals surface area contributed by atoms with E-state index in [0.717, 1.165) is 18.4 Å². The maximum absolute atomic E-state index is 13.9. The molecule has 0 radical (unpaired) electrons. The zero-order valence-corrected chi connectivity index (χ0v) is 23.6. The fourth-order valence-corrected chi connectivity index (χ4v) is 9.66. The molecule has 1 saturated heterocycles. The number of rotatable bonds is 8. The van der Waals surface area contributed by atoms with E-state index in [1.54, 1.807) is 12.2 Å². The predicted molar refractivity (Wildman–Crippen MR) is 134 cm³/mol. The van der Waals surface area contributed by atoms with Gasteiger partial charge in [0.15, 0.2) is 23.5 Å². The molecule has 11 atom stereocenters. The predicted octanol–water partition coefficient (Wildman–Crippen LogP) is 3.24. The van der Waals surface area contributed by atoms with E-state index in [2.05, 4.69) is 11.2 Å². The van der Waals surface area contributed by atoms with Crippen LogP contribution in [0.5, 0.6) is 0 Å². The topological polar surface area (TPSA) is 166 Å². The van der Waals surface area contributed by atoms with Crippen molar-refractivity contribution in [2.75, 3.05) is 6.61 Å². The van der Waals surface area contributed by atoms with E-state index in [9.17, 15) is 28.7 Å². The van der Waals surface area contributed by atoms with E-state index in [0.29, 0.717) is 19.3 Å². The molecule has 0 spiro atoms. The van der Waals surface area contributed by atoms with Crippen molar-refractivity contribution < 1.29 is 51.9 Å². The first-order valence-electron chi connectivity index (χ1n) is 13.2. The minimum atomic E-state index is -4.96. The summed E-state index contributed by atoms with van der Waals surface area (Å²) in [5, 5.41) is 11.7. The highest BCUT2D eigenvalue weighted by Gasteiger charge is 2.75. The first kappa shape index (κ1) is 28.5. The molecule has 0 aromatic rings. The lowest BCUT2D eigenvalue weighted by Crippen LogP contribution is -2.63. The Bertz CT molecular complexity index is 1150. The average Bonchev–Trinajstić information content (AvgIpc) is 3.29. The SMILES string of the molecule is CCCC1O[C@@H]2C[C@H]3[C@@H]4CCC5=CC(=O)C=C[C@]5(C)[C@H]4[C@@H](O)C[C@]3(C)[C@]2(C(=O)COP(=O)(O)O[PH](=O)O)O1. The summed E-state index contributed by atoms with van der Waals surface area (Å²) in [7, 11) is -8.74. The summed E-state index contributed by atoms with van der Waals surface area (Å²) in [6.07, 6.45) is 6.50. The van der Waals surface area contributed by atoms with Gasteiger partial charge in [-0.1, -0.05) is 38.8 Å². The minimum Gasteiger partial charge on any atom is -0.393 e. The zero-order valence-electron chi connectivity index (χ0n) is 21.7. The van der Waals surface area contributed by atoms with Gasteiger partial charge in [0, 0.05) is 16.7 Å². The number of hydrogen-bond acceptors (Lipinski definition) is 9. The van der Waals surface area contributed by atoms with Crippen LogP contribution in [0.3, 0.4) is 0 Å². The highest BCUT2D eigenvalue weighted by molar-refractivity contribution is 7.55. The van der Waals surface area contributed by atoms with Crippen LogP contribution in [0, 0.1) is 28.6 Å². The van der Waals surface area contributed by atoms with E-state index in [-0.39, 0.29) is 30.0 Å². The molecule has 0 amide bonds. The van der Waals surface area contributed by atoms with Gasteiger partial charge in [-0.15, -0.1) is 0 Å². The van der Waals surface area contributed by atoms with Crippen LogP contribution in [0.2, 0.25) is 0 Å². The number of ether oxygens (including phenoxy) is 2. The number of ketones is 2. The molecule has 11 nitrogen and oxygen atoms in total. The lowest BCUT2D eigenvalue weighted by atomic mass is 9.46. The maximum atomic E-state index is 13.9. The van der Waals surface area contributed by atoms with Crippen molar-refractivity contribution in [3.05, 3.63) is 23.8 Å². The molecule has 212 valence electrons. The lowest BCUT2D eigenvalue weighted by Gasteiger charge is -2.59. The number of aliphatic hydroxyl groups excluding tert-OH is 1. The van der Waals surface area contributed by atoms with Crippen LogP contribution < -0.4 is 0 Å². The van der Waals surface area contributed by atoms with Crippen LogP contribution in [0.1, 0.15) is 59.3 Å². The van der Waals surface area contributed by atoms with Gasteiger partial charge in [0.25, 0.3) is 0 Å². The molecule has 13 heteroatoms. The van der Waals surface area contributed by atoms with Crippen molar-refractivity contribution in [1.82, 2.24) is 0 Å². The lowest BCUT2D eigenvalue weighted by molar-refractivity contribution is -0.200. The van der Waals surface area contributed by atoms with Gasteiger partial charge in [-0.2, -0.15) is 0 Å². The first-order valence-corrected chi connectivity index (χ1v) is 15.9. The third-order valence-electron chi connectivity index (χ3n) is 9.78. The van der Waals surface area contributed by atoms with E-state index >= 15 is 0 Å². The number of carbonyl (C=O) groups is 2. The molecule has 3 unspecified atom stereocenters. The summed E-state index contributed by atoms with van der Waals surface area (Å²) in [5.74, 6) is -0.886. The normalized spacial score (nSPS) is 45.8. The van der Waals surface area contributed by atoms with Crippen LogP contribution in [0.4, 0.5) is 0 Å². The molecule has 0 aromatic heterocycles. The summed E-state index contributed by atoms with van der Waals surface area (Å²) in [4.78, 5) is 44.6. The molecule has 3 saturated carbocycles. The zero-order chi connectivity index (χ0) is 27.7. The number of allylic oxidation sites excluding steroid dienone is 4. The number of hydrogen-bond donors (Lipinski definition) is 3. The molecule has 1 heterocycles. The first-order chi connectivity index (χ1) is 17.8. The number of phosphoric acid groups is 1. The van der Waals surface area contributed by atoms with Crippen LogP contribution in [-0.4, -0.2) is 57.2 Å². The Morgan fingerprint density at radius 2 is 2.08 bits per heavy atom.